The second-order valence-electron chi connectivity index (χ2n) is 9.00. The Labute approximate surface area is 230 Å². The maximum Gasteiger partial charge on any atom is 0.275 e. The zero-order valence-corrected chi connectivity index (χ0v) is 22.5. The first-order valence-corrected chi connectivity index (χ1v) is 13.3. The van der Waals surface area contributed by atoms with Crippen molar-refractivity contribution in [2.45, 2.75) is 31.5 Å². The molecule has 200 valence electrons. The second kappa shape index (κ2) is 12.0. The number of amides is 1. The minimum absolute atomic E-state index is 0.211. The summed E-state index contributed by atoms with van der Waals surface area (Å²) in [5.41, 5.74) is 9.65. The lowest BCUT2D eigenvalue weighted by Gasteiger charge is -2.34. The lowest BCUT2D eigenvalue weighted by molar-refractivity contribution is 0.00256. The van der Waals surface area contributed by atoms with Crippen LogP contribution in [-0.4, -0.2) is 52.2 Å². The number of carbonyl (C=O) groups is 1. The molecule has 1 aliphatic carbocycles. The van der Waals surface area contributed by atoms with Gasteiger partial charge in [0.05, 0.1) is 37.2 Å². The number of pyridine rings is 1. The second-order valence-corrected chi connectivity index (χ2v) is 9.86. The molecule has 1 amide bonds. The van der Waals surface area contributed by atoms with Crippen molar-refractivity contribution in [2.75, 3.05) is 19.5 Å². The number of nitrogens with zero attached hydrogens (tertiary/aromatic N) is 5. The molecule has 0 saturated heterocycles. The number of aromatic nitrogens is 4. The fourth-order valence-corrected chi connectivity index (χ4v) is 4.95. The first-order chi connectivity index (χ1) is 19.1. The highest BCUT2D eigenvalue weighted by Gasteiger charge is 2.32. The third-order valence-electron chi connectivity index (χ3n) is 6.49. The van der Waals surface area contributed by atoms with E-state index in [1.165, 1.54) is 17.5 Å². The summed E-state index contributed by atoms with van der Waals surface area (Å²) >= 11 is 1.32. The van der Waals surface area contributed by atoms with Crippen LogP contribution in [0.5, 0.6) is 5.75 Å². The van der Waals surface area contributed by atoms with Gasteiger partial charge < -0.3 is 20.5 Å². The van der Waals surface area contributed by atoms with Gasteiger partial charge in [0, 0.05) is 42.9 Å². The molecule has 10 nitrogen and oxygen atoms in total. The number of rotatable bonds is 10. The van der Waals surface area contributed by atoms with Crippen LogP contribution in [0.15, 0.2) is 71.4 Å². The van der Waals surface area contributed by atoms with Gasteiger partial charge in [0.15, 0.2) is 0 Å². The Kier molecular flexibility index (Phi) is 8.09. The lowest BCUT2D eigenvalue weighted by atomic mass is 9.89. The number of hydrogen-bond acceptors (Lipinski definition) is 9. The summed E-state index contributed by atoms with van der Waals surface area (Å²) in [6.45, 7) is 0.479. The molecule has 0 bridgehead atoms. The van der Waals surface area contributed by atoms with E-state index >= 15 is 0 Å². The molecular weight excluding hydrogens is 514 g/mol. The predicted molar refractivity (Wildman–Crippen MR) is 152 cm³/mol. The zero-order chi connectivity index (χ0) is 27.2. The van der Waals surface area contributed by atoms with Gasteiger partial charge in [0.2, 0.25) is 0 Å². The van der Waals surface area contributed by atoms with E-state index in [9.17, 15) is 4.79 Å². The standard InChI is InChI=1S/C28H29N7O3S/c1-37-21-8-6-18(7-9-21)14-30-15-19(13-29)28-33-25(17-39-28)27(36)32-24-16-35(20-11-22(12-20)38-2)34-26(24)23-5-3-4-10-31-23/h3-10,13,15-17,20,22H,11-12,14,29H2,1-2H3,(H,32,36). The van der Waals surface area contributed by atoms with Gasteiger partial charge in [-0.05, 0) is 42.7 Å². The topological polar surface area (TPSA) is 130 Å². The van der Waals surface area contributed by atoms with Crippen molar-refractivity contribution in [1.29, 1.82) is 0 Å². The van der Waals surface area contributed by atoms with Crippen LogP contribution < -0.4 is 15.8 Å². The summed E-state index contributed by atoms with van der Waals surface area (Å²) in [5, 5.41) is 10.0. The van der Waals surface area contributed by atoms with E-state index in [-0.39, 0.29) is 23.7 Å². The monoisotopic (exact) mass is 543 g/mol. The van der Waals surface area contributed by atoms with Gasteiger partial charge in [-0.3, -0.25) is 19.5 Å². The number of anilines is 1. The number of hydrogen-bond donors (Lipinski definition) is 2. The maximum absolute atomic E-state index is 13.2. The molecule has 0 spiro atoms. The average Bonchev–Trinajstić information content (AvgIpc) is 3.59. The van der Waals surface area contributed by atoms with E-state index in [2.05, 4.69) is 20.3 Å². The first kappa shape index (κ1) is 26.3. The van der Waals surface area contributed by atoms with E-state index in [1.54, 1.807) is 32.0 Å². The smallest absolute Gasteiger partial charge is 0.275 e. The normalized spacial score (nSPS) is 17.2. The van der Waals surface area contributed by atoms with E-state index in [0.29, 0.717) is 34.2 Å². The molecule has 3 heterocycles. The third kappa shape index (κ3) is 6.05. The number of nitrogens with one attached hydrogen (secondary N) is 1. The molecule has 5 rings (SSSR count). The Morgan fingerprint density at radius 2 is 2.05 bits per heavy atom. The minimum Gasteiger partial charge on any atom is -0.497 e. The lowest BCUT2D eigenvalue weighted by Crippen LogP contribution is -2.32. The number of carbonyl (C=O) groups excluding carboxylic acids is 1. The molecule has 1 fully saturated rings. The molecule has 1 aliphatic rings. The van der Waals surface area contributed by atoms with Crippen LogP contribution in [0.4, 0.5) is 5.69 Å². The Morgan fingerprint density at radius 3 is 2.74 bits per heavy atom. The van der Waals surface area contributed by atoms with Crippen LogP contribution in [0.1, 0.15) is 39.9 Å². The van der Waals surface area contributed by atoms with Crippen LogP contribution in [-0.2, 0) is 11.3 Å². The summed E-state index contributed by atoms with van der Waals surface area (Å²) < 4.78 is 12.5. The summed E-state index contributed by atoms with van der Waals surface area (Å²) in [5.74, 6) is 0.449. The van der Waals surface area contributed by atoms with Crippen LogP contribution in [0, 0.1) is 0 Å². The highest BCUT2D eigenvalue weighted by atomic mass is 32.1. The fraction of sp³-hybridized carbons (Fsp3) is 0.250. The van der Waals surface area contributed by atoms with E-state index in [4.69, 9.17) is 20.3 Å². The number of methoxy groups -OCH3 is 2. The fourth-order valence-electron chi connectivity index (χ4n) is 4.16. The number of aliphatic imine (C=N–C) groups is 1. The first-order valence-electron chi connectivity index (χ1n) is 12.4. The SMILES string of the molecule is COc1ccc(CN=CC(=CN)c2nc(C(=O)Nc3cn(C4CC(OC)C4)nc3-c3ccccn3)cs2)cc1. The Hall–Kier alpha value is -4.35. The molecule has 1 saturated carbocycles. The molecule has 39 heavy (non-hydrogen) atoms. The van der Waals surface area contributed by atoms with Gasteiger partial charge in [0.25, 0.3) is 5.91 Å². The average molecular weight is 544 g/mol. The molecule has 0 aliphatic heterocycles. The molecule has 0 atom stereocenters. The minimum atomic E-state index is -0.343. The van der Waals surface area contributed by atoms with Gasteiger partial charge in [0.1, 0.15) is 22.1 Å². The van der Waals surface area contributed by atoms with Crippen molar-refractivity contribution in [2.24, 2.45) is 10.7 Å². The number of ether oxygens (including phenoxy) is 2. The summed E-state index contributed by atoms with van der Waals surface area (Å²) in [4.78, 5) is 26.6. The molecule has 11 heteroatoms. The Morgan fingerprint density at radius 1 is 1.23 bits per heavy atom. The van der Waals surface area contributed by atoms with Gasteiger partial charge in [-0.1, -0.05) is 18.2 Å². The Bertz CT molecular complexity index is 1470. The molecule has 0 radical (unpaired) electrons. The molecule has 3 aromatic heterocycles. The van der Waals surface area contributed by atoms with Crippen molar-refractivity contribution in [3.05, 3.63) is 82.7 Å². The van der Waals surface area contributed by atoms with E-state index in [1.807, 2.05) is 53.3 Å². The van der Waals surface area contributed by atoms with Crippen molar-refractivity contribution >= 4 is 34.7 Å². The van der Waals surface area contributed by atoms with Crippen molar-refractivity contribution in [3.63, 3.8) is 0 Å². The largest absolute Gasteiger partial charge is 0.497 e. The van der Waals surface area contributed by atoms with Crippen molar-refractivity contribution in [3.8, 4) is 17.1 Å². The quantitative estimate of drug-likeness (QED) is 0.280. The van der Waals surface area contributed by atoms with Gasteiger partial charge in [-0.15, -0.1) is 11.3 Å². The predicted octanol–water partition coefficient (Wildman–Crippen LogP) is 4.58. The summed E-state index contributed by atoms with van der Waals surface area (Å²) in [7, 11) is 3.35. The van der Waals surface area contributed by atoms with Gasteiger partial charge >= 0.3 is 0 Å². The van der Waals surface area contributed by atoms with Crippen molar-refractivity contribution in [1.82, 2.24) is 19.7 Å². The van der Waals surface area contributed by atoms with Crippen LogP contribution >= 0.6 is 11.3 Å². The molecule has 3 N–H and O–H groups in total. The summed E-state index contributed by atoms with van der Waals surface area (Å²) in [6.07, 6.45) is 8.63. The molecule has 0 unspecified atom stereocenters. The number of thiazole rings is 1. The highest BCUT2D eigenvalue weighted by Crippen LogP contribution is 2.36. The zero-order valence-electron chi connectivity index (χ0n) is 21.7. The van der Waals surface area contributed by atoms with Gasteiger partial charge in [-0.25, -0.2) is 4.98 Å². The third-order valence-corrected chi connectivity index (χ3v) is 7.38. The maximum atomic E-state index is 13.2. The number of allylic oxidation sites excluding steroid dienone is 1. The van der Waals surface area contributed by atoms with E-state index in [0.717, 1.165) is 24.2 Å². The van der Waals surface area contributed by atoms with Crippen LogP contribution in [0.2, 0.25) is 0 Å². The molecular formula is C28H29N7O3S. The number of nitrogens with two attached hydrogens (primary N) is 1. The van der Waals surface area contributed by atoms with Crippen molar-refractivity contribution < 1.29 is 14.3 Å². The highest BCUT2D eigenvalue weighted by molar-refractivity contribution is 7.11. The van der Waals surface area contributed by atoms with Crippen LogP contribution in [0.25, 0.3) is 17.0 Å². The van der Waals surface area contributed by atoms with Crippen LogP contribution in [0.3, 0.4) is 0 Å². The molecule has 1 aromatic carbocycles. The number of benzene rings is 1. The Balaban J connectivity index is 1.29. The molecule has 4 aromatic rings. The van der Waals surface area contributed by atoms with E-state index < -0.39 is 0 Å². The summed E-state index contributed by atoms with van der Waals surface area (Å²) in [6, 6.07) is 13.5. The van der Waals surface area contributed by atoms with Gasteiger partial charge in [-0.2, -0.15) is 5.10 Å².